The second kappa shape index (κ2) is 6.98. The molecule has 0 atom stereocenters. The summed E-state index contributed by atoms with van der Waals surface area (Å²) in [7, 11) is 0. The molecule has 0 saturated heterocycles. The van der Waals surface area contributed by atoms with Crippen molar-refractivity contribution in [3.05, 3.63) is 57.3 Å². The van der Waals surface area contributed by atoms with Crippen LogP contribution in [0.15, 0.2) is 36.4 Å². The highest BCUT2D eigenvalue weighted by Gasteiger charge is 2.38. The minimum absolute atomic E-state index is 0.0701. The molecule has 10 heteroatoms. The van der Waals surface area contributed by atoms with Gasteiger partial charge in [0.2, 0.25) is 11.7 Å². The van der Waals surface area contributed by atoms with Gasteiger partial charge in [0.1, 0.15) is 6.54 Å². The molecule has 26 heavy (non-hydrogen) atoms. The largest absolute Gasteiger partial charge is 0.449 e. The molecule has 3 rings (SSSR count). The maximum atomic E-state index is 13.3. The van der Waals surface area contributed by atoms with Crippen LogP contribution < -0.4 is 5.32 Å². The van der Waals surface area contributed by atoms with Gasteiger partial charge in [0.05, 0.1) is 26.8 Å². The van der Waals surface area contributed by atoms with E-state index in [0.29, 0.717) is 0 Å². The maximum absolute atomic E-state index is 13.3. The first-order valence-corrected chi connectivity index (χ1v) is 8.27. The number of amides is 1. The van der Waals surface area contributed by atoms with E-state index in [1.807, 2.05) is 0 Å². The van der Waals surface area contributed by atoms with Crippen molar-refractivity contribution in [3.8, 4) is 0 Å². The molecule has 1 aromatic heterocycles. The van der Waals surface area contributed by atoms with Crippen molar-refractivity contribution < 1.29 is 18.0 Å². The van der Waals surface area contributed by atoms with Gasteiger partial charge in [-0.15, -0.1) is 0 Å². The van der Waals surface area contributed by atoms with Gasteiger partial charge >= 0.3 is 6.18 Å². The van der Waals surface area contributed by atoms with Gasteiger partial charge in [-0.1, -0.05) is 46.9 Å². The van der Waals surface area contributed by atoms with Crippen LogP contribution in [0, 0.1) is 0 Å². The van der Waals surface area contributed by atoms with E-state index in [1.165, 1.54) is 24.3 Å². The molecule has 0 fully saturated rings. The summed E-state index contributed by atoms with van der Waals surface area (Å²) in [6, 6.07) is 8.73. The lowest BCUT2D eigenvalue weighted by molar-refractivity contribution is -0.147. The zero-order valence-electron chi connectivity index (χ0n) is 12.7. The summed E-state index contributed by atoms with van der Waals surface area (Å²) in [5, 5.41) is 2.82. The highest BCUT2D eigenvalue weighted by Crippen LogP contribution is 2.34. The molecule has 1 N–H and O–H groups in total. The van der Waals surface area contributed by atoms with Gasteiger partial charge in [0, 0.05) is 5.02 Å². The van der Waals surface area contributed by atoms with Crippen molar-refractivity contribution in [1.82, 2.24) is 9.55 Å². The van der Waals surface area contributed by atoms with E-state index in [2.05, 4.69) is 10.3 Å². The molecule has 0 unspecified atom stereocenters. The Morgan fingerprint density at radius 2 is 1.73 bits per heavy atom. The van der Waals surface area contributed by atoms with Gasteiger partial charge in [0.25, 0.3) is 0 Å². The zero-order chi connectivity index (χ0) is 19.1. The molecule has 2 aromatic carbocycles. The summed E-state index contributed by atoms with van der Waals surface area (Å²) >= 11 is 17.7. The molecule has 1 amide bonds. The number of para-hydroxylation sites is 2. The fraction of sp³-hybridized carbons (Fsp3) is 0.125. The molecule has 3 aromatic rings. The van der Waals surface area contributed by atoms with Crippen molar-refractivity contribution in [1.29, 1.82) is 0 Å². The van der Waals surface area contributed by atoms with Crippen LogP contribution in [0.25, 0.3) is 11.0 Å². The lowest BCUT2D eigenvalue weighted by Crippen LogP contribution is -2.23. The van der Waals surface area contributed by atoms with E-state index >= 15 is 0 Å². The van der Waals surface area contributed by atoms with E-state index in [0.717, 1.165) is 4.57 Å². The Balaban J connectivity index is 1.95. The number of alkyl halides is 3. The number of halogens is 6. The number of nitrogens with zero attached hydrogens (tertiary/aromatic N) is 2. The van der Waals surface area contributed by atoms with E-state index < -0.39 is 24.5 Å². The topological polar surface area (TPSA) is 46.9 Å². The van der Waals surface area contributed by atoms with Crippen LogP contribution in [-0.4, -0.2) is 15.5 Å². The fourth-order valence-corrected chi connectivity index (χ4v) is 3.35. The molecule has 0 saturated carbocycles. The van der Waals surface area contributed by atoms with Gasteiger partial charge < -0.3 is 9.88 Å². The molecule has 4 nitrogen and oxygen atoms in total. The second-order valence-corrected chi connectivity index (χ2v) is 6.55. The number of benzene rings is 2. The van der Waals surface area contributed by atoms with Gasteiger partial charge in [-0.25, -0.2) is 4.98 Å². The zero-order valence-corrected chi connectivity index (χ0v) is 15.0. The maximum Gasteiger partial charge on any atom is 0.449 e. The Kier molecular flexibility index (Phi) is 5.05. The number of hydrogen-bond donors (Lipinski definition) is 1. The van der Waals surface area contributed by atoms with E-state index in [4.69, 9.17) is 34.8 Å². The number of carbonyl (C=O) groups is 1. The third kappa shape index (κ3) is 3.75. The number of rotatable bonds is 3. The number of fused-ring (bicyclic) bond motifs is 1. The van der Waals surface area contributed by atoms with E-state index in [1.54, 1.807) is 12.1 Å². The van der Waals surface area contributed by atoms with Crippen LogP contribution >= 0.6 is 34.8 Å². The predicted octanol–water partition coefficient (Wildman–Crippen LogP) is 5.65. The predicted molar refractivity (Wildman–Crippen MR) is 94.8 cm³/mol. The summed E-state index contributed by atoms with van der Waals surface area (Å²) in [6.07, 6.45) is -4.71. The lowest BCUT2D eigenvalue weighted by Gasteiger charge is -2.13. The van der Waals surface area contributed by atoms with Crippen LogP contribution in [0.5, 0.6) is 0 Å². The summed E-state index contributed by atoms with van der Waals surface area (Å²) in [4.78, 5) is 15.9. The number of nitrogens with one attached hydrogen (secondary N) is 1. The first kappa shape index (κ1) is 18.8. The Morgan fingerprint density at radius 3 is 2.35 bits per heavy atom. The quantitative estimate of drug-likeness (QED) is 0.592. The van der Waals surface area contributed by atoms with Crippen LogP contribution in [0.4, 0.5) is 18.9 Å². The Bertz CT molecular complexity index is 978. The van der Waals surface area contributed by atoms with Crippen LogP contribution in [0.1, 0.15) is 5.82 Å². The van der Waals surface area contributed by atoms with Gasteiger partial charge in [0.15, 0.2) is 0 Å². The number of carbonyl (C=O) groups excluding carboxylic acids is 1. The molecule has 0 aliphatic heterocycles. The molecule has 136 valence electrons. The molecule has 0 aliphatic carbocycles. The standard InChI is InChI=1S/C16H9Cl3F3N3O/c17-8-5-9(18)14(10(19)6-8)24-13(26)7-25-12-4-2-1-3-11(12)23-15(25)16(20,21)22/h1-6H,7H2,(H,24,26). The van der Waals surface area contributed by atoms with Crippen LogP contribution in [0.3, 0.4) is 0 Å². The van der Waals surface area contributed by atoms with Crippen molar-refractivity contribution in [2.45, 2.75) is 12.7 Å². The molecule has 0 aliphatic rings. The number of imidazole rings is 1. The Morgan fingerprint density at radius 1 is 1.12 bits per heavy atom. The van der Waals surface area contributed by atoms with Crippen molar-refractivity contribution in [3.63, 3.8) is 0 Å². The third-order valence-electron chi connectivity index (χ3n) is 3.48. The number of hydrogen-bond acceptors (Lipinski definition) is 2. The first-order chi connectivity index (χ1) is 12.2. The summed E-state index contributed by atoms with van der Waals surface area (Å²) in [5.74, 6) is -1.91. The summed E-state index contributed by atoms with van der Waals surface area (Å²) in [5.41, 5.74) is 0.388. The highest BCUT2D eigenvalue weighted by molar-refractivity contribution is 6.42. The van der Waals surface area contributed by atoms with Gasteiger partial charge in [-0.3, -0.25) is 4.79 Å². The first-order valence-electron chi connectivity index (χ1n) is 7.13. The van der Waals surface area contributed by atoms with Crippen molar-refractivity contribution in [2.24, 2.45) is 0 Å². The average molecular weight is 423 g/mol. The van der Waals surface area contributed by atoms with Crippen molar-refractivity contribution >= 4 is 57.4 Å². The molecule has 1 heterocycles. The SMILES string of the molecule is O=C(Cn1c(C(F)(F)F)nc2ccccc21)Nc1c(Cl)cc(Cl)cc1Cl. The monoisotopic (exact) mass is 421 g/mol. The van der Waals surface area contributed by atoms with Gasteiger partial charge in [-0.05, 0) is 24.3 Å². The van der Waals surface area contributed by atoms with Crippen LogP contribution in [-0.2, 0) is 17.5 Å². The average Bonchev–Trinajstić information content (AvgIpc) is 2.90. The second-order valence-electron chi connectivity index (χ2n) is 5.30. The number of aromatic nitrogens is 2. The highest BCUT2D eigenvalue weighted by atomic mass is 35.5. The summed E-state index contributed by atoms with van der Waals surface area (Å²) in [6.45, 7) is -0.620. The minimum Gasteiger partial charge on any atom is -0.322 e. The van der Waals surface area contributed by atoms with Crippen LogP contribution in [0.2, 0.25) is 15.1 Å². The normalized spacial score (nSPS) is 11.8. The smallest absolute Gasteiger partial charge is 0.322 e. The third-order valence-corrected chi connectivity index (χ3v) is 4.30. The Labute approximate surface area is 160 Å². The summed E-state index contributed by atoms with van der Waals surface area (Å²) < 4.78 is 40.6. The minimum atomic E-state index is -4.71. The lowest BCUT2D eigenvalue weighted by atomic mass is 10.3. The molecular formula is C16H9Cl3F3N3O. The van der Waals surface area contributed by atoms with Gasteiger partial charge in [-0.2, -0.15) is 13.2 Å². The molecule has 0 bridgehead atoms. The van der Waals surface area contributed by atoms with Crippen molar-refractivity contribution in [2.75, 3.05) is 5.32 Å². The number of anilines is 1. The molecule has 0 radical (unpaired) electrons. The molecular weight excluding hydrogens is 414 g/mol. The van der Waals surface area contributed by atoms with E-state index in [-0.39, 0.29) is 31.8 Å². The molecule has 0 spiro atoms. The Hall–Kier alpha value is -1.96. The van der Waals surface area contributed by atoms with E-state index in [9.17, 15) is 18.0 Å². The fourth-order valence-electron chi connectivity index (χ4n) is 2.44.